The fourth-order valence-electron chi connectivity index (χ4n) is 2.29. The quantitative estimate of drug-likeness (QED) is 0.738. The molecule has 26 heavy (non-hydrogen) atoms. The van der Waals surface area contributed by atoms with E-state index in [2.05, 4.69) is 14.8 Å². The highest BCUT2D eigenvalue weighted by molar-refractivity contribution is 5.86. The van der Waals surface area contributed by atoms with Crippen molar-refractivity contribution in [3.05, 3.63) is 35.4 Å². The van der Waals surface area contributed by atoms with Gasteiger partial charge in [0, 0.05) is 0 Å². The number of hydrogen-bond acceptors (Lipinski definition) is 5. The molecule has 0 fully saturated rings. The van der Waals surface area contributed by atoms with Crippen molar-refractivity contribution < 1.29 is 37.0 Å². The number of carbonyl (C=O) groups is 3. The van der Waals surface area contributed by atoms with Crippen molar-refractivity contribution in [2.24, 2.45) is 5.92 Å². The highest BCUT2D eigenvalue weighted by Crippen LogP contribution is 2.29. The molecular weight excluding hydrogens is 355 g/mol. The number of esters is 2. The van der Waals surface area contributed by atoms with Crippen LogP contribution in [0, 0.1) is 5.92 Å². The van der Waals surface area contributed by atoms with E-state index in [9.17, 15) is 27.6 Å². The molecule has 0 heterocycles. The summed E-state index contributed by atoms with van der Waals surface area (Å²) in [5.41, 5.74) is -0.729. The summed E-state index contributed by atoms with van der Waals surface area (Å²) in [5.74, 6) is -2.63. The highest BCUT2D eigenvalue weighted by atomic mass is 19.4. The maximum atomic E-state index is 12.7. The molecule has 0 radical (unpaired) electrons. The largest absolute Gasteiger partial charge is 0.469 e. The third-order valence-corrected chi connectivity index (χ3v) is 3.68. The molecule has 2 atom stereocenters. The minimum atomic E-state index is -4.52. The second-order valence-corrected chi connectivity index (χ2v) is 5.70. The Balaban J connectivity index is 2.84. The van der Waals surface area contributed by atoms with Gasteiger partial charge in [-0.2, -0.15) is 13.2 Å². The molecule has 0 saturated heterocycles. The average molecular weight is 375 g/mol. The molecule has 0 aliphatic rings. The fourth-order valence-corrected chi connectivity index (χ4v) is 2.29. The minimum Gasteiger partial charge on any atom is -0.469 e. The molecule has 0 bridgehead atoms. The highest BCUT2D eigenvalue weighted by Gasteiger charge is 2.31. The zero-order valence-corrected chi connectivity index (χ0v) is 14.6. The van der Waals surface area contributed by atoms with E-state index in [4.69, 9.17) is 0 Å². The molecule has 1 rings (SSSR count). The third-order valence-electron chi connectivity index (χ3n) is 3.68. The number of hydrogen-bond donors (Lipinski definition) is 1. The van der Waals surface area contributed by atoms with Crippen molar-refractivity contribution in [3.8, 4) is 0 Å². The van der Waals surface area contributed by atoms with E-state index in [1.54, 1.807) is 6.92 Å². The molecule has 9 heteroatoms. The lowest BCUT2D eigenvalue weighted by Gasteiger charge is -2.22. The van der Waals surface area contributed by atoms with Crippen LogP contribution in [0.1, 0.15) is 24.5 Å². The maximum absolute atomic E-state index is 12.7. The Morgan fingerprint density at radius 2 is 1.81 bits per heavy atom. The summed E-state index contributed by atoms with van der Waals surface area (Å²) in [6, 6.07) is 3.21. The number of ether oxygens (including phenoxy) is 2. The van der Waals surface area contributed by atoms with E-state index >= 15 is 0 Å². The number of alkyl halides is 3. The Hall–Kier alpha value is -2.58. The lowest BCUT2D eigenvalue weighted by atomic mass is 9.97. The lowest BCUT2D eigenvalue weighted by molar-refractivity contribution is -0.148. The van der Waals surface area contributed by atoms with Crippen LogP contribution >= 0.6 is 0 Å². The van der Waals surface area contributed by atoms with Crippen LogP contribution in [0.2, 0.25) is 0 Å². The molecule has 1 N–H and O–H groups in total. The van der Waals surface area contributed by atoms with Gasteiger partial charge in [0.05, 0.1) is 32.6 Å². The number of methoxy groups -OCH3 is 2. The zero-order chi connectivity index (χ0) is 19.9. The second kappa shape index (κ2) is 9.21. The first-order valence-corrected chi connectivity index (χ1v) is 7.68. The smallest absolute Gasteiger partial charge is 0.416 e. The van der Waals surface area contributed by atoms with Crippen LogP contribution in [-0.4, -0.2) is 38.1 Å². The fraction of sp³-hybridized carbons (Fsp3) is 0.471. The van der Waals surface area contributed by atoms with Gasteiger partial charge in [-0.05, 0) is 17.5 Å². The van der Waals surface area contributed by atoms with Crippen molar-refractivity contribution in [2.75, 3.05) is 14.2 Å². The molecule has 0 aliphatic carbocycles. The summed E-state index contributed by atoms with van der Waals surface area (Å²) in [6.07, 6.45) is -5.02. The molecule has 6 nitrogen and oxygen atoms in total. The van der Waals surface area contributed by atoms with Gasteiger partial charge in [-0.1, -0.05) is 25.1 Å². The standard InChI is InChI=1S/C17H20F3NO5/c1-10(7-14(23)25-2)15(16(24)26-3)21-13(22)9-11-5-4-6-12(8-11)17(18,19)20/h4-6,8,10,15H,7,9H2,1-3H3,(H,21,22)/t10-,15-/m1/s1. The maximum Gasteiger partial charge on any atom is 0.416 e. The van der Waals surface area contributed by atoms with Gasteiger partial charge in [0.2, 0.25) is 5.91 Å². The molecule has 0 unspecified atom stereocenters. The summed E-state index contributed by atoms with van der Waals surface area (Å²) in [6.45, 7) is 1.54. The number of benzene rings is 1. The van der Waals surface area contributed by atoms with Gasteiger partial charge in [0.25, 0.3) is 0 Å². The molecule has 0 aromatic heterocycles. The average Bonchev–Trinajstić information content (AvgIpc) is 2.58. The SMILES string of the molecule is COC(=O)C[C@@H](C)[C@@H](NC(=O)Cc1cccc(C(F)(F)F)c1)C(=O)OC. The normalized spacial score (nSPS) is 13.5. The van der Waals surface area contributed by atoms with Crippen LogP contribution in [0.4, 0.5) is 13.2 Å². The van der Waals surface area contributed by atoms with E-state index in [0.29, 0.717) is 0 Å². The van der Waals surface area contributed by atoms with Gasteiger partial charge in [-0.3, -0.25) is 9.59 Å². The summed E-state index contributed by atoms with van der Waals surface area (Å²) in [7, 11) is 2.31. The molecule has 0 saturated carbocycles. The van der Waals surface area contributed by atoms with Gasteiger partial charge in [-0.25, -0.2) is 4.79 Å². The predicted octanol–water partition coefficient (Wildman–Crippen LogP) is 2.10. The Bertz CT molecular complexity index is 660. The van der Waals surface area contributed by atoms with Crippen molar-refractivity contribution in [1.82, 2.24) is 5.32 Å². The van der Waals surface area contributed by atoms with Gasteiger partial charge in [0.15, 0.2) is 0 Å². The topological polar surface area (TPSA) is 81.7 Å². The van der Waals surface area contributed by atoms with E-state index in [1.807, 2.05) is 0 Å². The van der Waals surface area contributed by atoms with Gasteiger partial charge in [0.1, 0.15) is 6.04 Å². The molecule has 0 aliphatic heterocycles. The monoisotopic (exact) mass is 375 g/mol. The van der Waals surface area contributed by atoms with E-state index in [0.717, 1.165) is 19.2 Å². The van der Waals surface area contributed by atoms with Crippen LogP contribution < -0.4 is 5.32 Å². The van der Waals surface area contributed by atoms with Crippen LogP contribution in [0.25, 0.3) is 0 Å². The molecule has 1 amide bonds. The van der Waals surface area contributed by atoms with Crippen molar-refractivity contribution >= 4 is 17.8 Å². The second-order valence-electron chi connectivity index (χ2n) is 5.70. The van der Waals surface area contributed by atoms with Gasteiger partial charge < -0.3 is 14.8 Å². The summed E-state index contributed by atoms with van der Waals surface area (Å²) in [5, 5.41) is 2.40. The number of rotatable bonds is 7. The molecule has 1 aromatic carbocycles. The zero-order valence-electron chi connectivity index (χ0n) is 14.6. The number of nitrogens with one attached hydrogen (secondary N) is 1. The summed E-state index contributed by atoms with van der Waals surface area (Å²) >= 11 is 0. The Kier molecular flexibility index (Phi) is 7.60. The molecule has 1 aromatic rings. The van der Waals surface area contributed by atoms with E-state index in [1.165, 1.54) is 19.2 Å². The number of halogens is 3. The number of amides is 1. The minimum absolute atomic E-state index is 0.139. The Morgan fingerprint density at radius 3 is 2.35 bits per heavy atom. The van der Waals surface area contributed by atoms with E-state index in [-0.39, 0.29) is 18.4 Å². The lowest BCUT2D eigenvalue weighted by Crippen LogP contribution is -2.47. The van der Waals surface area contributed by atoms with Crippen LogP contribution in [-0.2, 0) is 36.5 Å². The number of carbonyl (C=O) groups excluding carboxylic acids is 3. The summed E-state index contributed by atoms with van der Waals surface area (Å²) in [4.78, 5) is 35.4. The Morgan fingerprint density at radius 1 is 1.15 bits per heavy atom. The third kappa shape index (κ3) is 6.38. The summed E-state index contributed by atoms with van der Waals surface area (Å²) < 4.78 is 47.3. The first-order chi connectivity index (χ1) is 12.1. The van der Waals surface area contributed by atoms with E-state index < -0.39 is 41.5 Å². The van der Waals surface area contributed by atoms with Crippen LogP contribution in [0.3, 0.4) is 0 Å². The van der Waals surface area contributed by atoms with Gasteiger partial charge in [-0.15, -0.1) is 0 Å². The Labute approximate surface area is 148 Å². The van der Waals surface area contributed by atoms with Gasteiger partial charge >= 0.3 is 18.1 Å². The van der Waals surface area contributed by atoms with Crippen molar-refractivity contribution in [3.63, 3.8) is 0 Å². The molecule has 144 valence electrons. The predicted molar refractivity (Wildman–Crippen MR) is 84.9 cm³/mol. The van der Waals surface area contributed by atoms with Crippen molar-refractivity contribution in [2.45, 2.75) is 32.0 Å². The van der Waals surface area contributed by atoms with Crippen molar-refractivity contribution in [1.29, 1.82) is 0 Å². The van der Waals surface area contributed by atoms with Crippen LogP contribution in [0.5, 0.6) is 0 Å². The molecular formula is C17H20F3NO5. The van der Waals surface area contributed by atoms with Crippen LogP contribution in [0.15, 0.2) is 24.3 Å². The first kappa shape index (κ1) is 21.5. The molecule has 0 spiro atoms. The first-order valence-electron chi connectivity index (χ1n) is 7.68.